The third-order valence-corrected chi connectivity index (χ3v) is 1.97. The van der Waals surface area contributed by atoms with Crippen LogP contribution in [0.5, 0.6) is 0 Å². The van der Waals surface area contributed by atoms with Crippen LogP contribution < -0.4 is 0 Å². The number of carbonyl (C=O) groups is 1. The molecule has 0 unspecified atom stereocenters. The van der Waals surface area contributed by atoms with Gasteiger partial charge in [-0.15, -0.1) is 0 Å². The van der Waals surface area contributed by atoms with E-state index in [2.05, 4.69) is 5.16 Å². The molecule has 1 aromatic heterocycles. The van der Waals surface area contributed by atoms with Crippen LogP contribution in [-0.2, 0) is 11.2 Å². The molecule has 0 aromatic carbocycles. The van der Waals surface area contributed by atoms with E-state index in [1.165, 1.54) is 6.20 Å². The predicted octanol–water partition coefficient (Wildman–Crippen LogP) is 1.18. The van der Waals surface area contributed by atoms with Gasteiger partial charge < -0.3 is 9.63 Å². The third kappa shape index (κ3) is 1.32. The minimum atomic E-state index is -0.833. The molecule has 4 heteroatoms. The van der Waals surface area contributed by atoms with Crippen molar-refractivity contribution in [2.24, 2.45) is 0 Å². The highest BCUT2D eigenvalue weighted by molar-refractivity contribution is 5.70. The van der Waals surface area contributed by atoms with Crippen molar-refractivity contribution < 1.29 is 14.4 Å². The van der Waals surface area contributed by atoms with Gasteiger partial charge in [-0.25, -0.2) is 0 Å². The SMILES string of the molecule is O=C(O)Cc1cnoc1C1CC1. The number of carboxylic acids is 1. The van der Waals surface area contributed by atoms with Crippen molar-refractivity contribution in [3.05, 3.63) is 17.5 Å². The largest absolute Gasteiger partial charge is 0.481 e. The zero-order chi connectivity index (χ0) is 8.55. The van der Waals surface area contributed by atoms with E-state index in [-0.39, 0.29) is 6.42 Å². The van der Waals surface area contributed by atoms with Gasteiger partial charge in [-0.1, -0.05) is 5.16 Å². The highest BCUT2D eigenvalue weighted by Gasteiger charge is 2.30. The number of hydrogen-bond donors (Lipinski definition) is 1. The molecular weight excluding hydrogens is 158 g/mol. The van der Waals surface area contributed by atoms with Gasteiger partial charge in [0.1, 0.15) is 5.76 Å². The average molecular weight is 167 g/mol. The lowest BCUT2D eigenvalue weighted by atomic mass is 10.1. The van der Waals surface area contributed by atoms with Crippen LogP contribution in [0.25, 0.3) is 0 Å². The van der Waals surface area contributed by atoms with Crippen LogP contribution in [0.4, 0.5) is 0 Å². The molecule has 0 amide bonds. The first-order valence-corrected chi connectivity index (χ1v) is 3.92. The molecule has 64 valence electrons. The van der Waals surface area contributed by atoms with Gasteiger partial charge in [-0.2, -0.15) is 0 Å². The molecule has 0 bridgehead atoms. The molecule has 0 spiro atoms. The lowest BCUT2D eigenvalue weighted by molar-refractivity contribution is -0.136. The number of nitrogens with zero attached hydrogens (tertiary/aromatic N) is 1. The molecule has 1 N–H and O–H groups in total. The van der Waals surface area contributed by atoms with Crippen molar-refractivity contribution in [3.8, 4) is 0 Å². The normalized spacial score (nSPS) is 16.3. The lowest BCUT2D eigenvalue weighted by Gasteiger charge is -1.93. The standard InChI is InChI=1S/C8H9NO3/c10-7(11)3-6-4-9-12-8(6)5-1-2-5/h4-5H,1-3H2,(H,10,11). The maximum absolute atomic E-state index is 10.4. The predicted molar refractivity (Wildman–Crippen MR) is 39.8 cm³/mol. The van der Waals surface area contributed by atoms with Crippen molar-refractivity contribution in [2.75, 3.05) is 0 Å². The van der Waals surface area contributed by atoms with Gasteiger partial charge >= 0.3 is 5.97 Å². The van der Waals surface area contributed by atoms with E-state index in [0.29, 0.717) is 5.92 Å². The van der Waals surface area contributed by atoms with Crippen molar-refractivity contribution in [1.82, 2.24) is 5.16 Å². The summed E-state index contributed by atoms with van der Waals surface area (Å²) in [6, 6.07) is 0. The van der Waals surface area contributed by atoms with Gasteiger partial charge in [0, 0.05) is 11.5 Å². The fourth-order valence-electron chi connectivity index (χ4n) is 1.25. The van der Waals surface area contributed by atoms with Gasteiger partial charge in [-0.3, -0.25) is 4.79 Å². The number of hydrogen-bond acceptors (Lipinski definition) is 3. The van der Waals surface area contributed by atoms with Gasteiger partial charge in [0.25, 0.3) is 0 Å². The summed E-state index contributed by atoms with van der Waals surface area (Å²) in [7, 11) is 0. The number of carboxylic acid groups (broad SMARTS) is 1. The van der Waals surface area contributed by atoms with Gasteiger partial charge in [0.15, 0.2) is 0 Å². The molecule has 0 atom stereocenters. The van der Waals surface area contributed by atoms with E-state index in [1.807, 2.05) is 0 Å². The van der Waals surface area contributed by atoms with Crippen LogP contribution in [-0.4, -0.2) is 16.2 Å². The molecule has 1 saturated carbocycles. The van der Waals surface area contributed by atoms with Gasteiger partial charge in [0.05, 0.1) is 12.6 Å². The Hall–Kier alpha value is -1.32. The van der Waals surface area contributed by atoms with E-state index < -0.39 is 5.97 Å². The molecule has 0 radical (unpaired) electrons. The zero-order valence-electron chi connectivity index (χ0n) is 6.49. The van der Waals surface area contributed by atoms with Crippen LogP contribution in [0.3, 0.4) is 0 Å². The monoisotopic (exact) mass is 167 g/mol. The van der Waals surface area contributed by atoms with Gasteiger partial charge in [-0.05, 0) is 12.8 Å². The second kappa shape index (κ2) is 2.62. The van der Waals surface area contributed by atoms with Crippen LogP contribution in [0, 0.1) is 0 Å². The summed E-state index contributed by atoms with van der Waals surface area (Å²) in [6.45, 7) is 0. The fourth-order valence-corrected chi connectivity index (χ4v) is 1.25. The lowest BCUT2D eigenvalue weighted by Crippen LogP contribution is -2.00. The molecule has 1 aliphatic rings. The molecular formula is C8H9NO3. The number of rotatable bonds is 3. The first kappa shape index (κ1) is 7.34. The number of aromatic nitrogens is 1. The van der Waals surface area contributed by atoms with Crippen LogP contribution in [0.2, 0.25) is 0 Å². The minimum absolute atomic E-state index is 0.0231. The average Bonchev–Trinajstić information content (AvgIpc) is 2.73. The highest BCUT2D eigenvalue weighted by atomic mass is 16.5. The van der Waals surface area contributed by atoms with Crippen LogP contribution in [0.15, 0.2) is 10.7 Å². The van der Waals surface area contributed by atoms with E-state index in [4.69, 9.17) is 9.63 Å². The van der Waals surface area contributed by atoms with Gasteiger partial charge in [0.2, 0.25) is 0 Å². The summed E-state index contributed by atoms with van der Waals surface area (Å²) in [4.78, 5) is 10.4. The van der Waals surface area contributed by atoms with E-state index >= 15 is 0 Å². The molecule has 1 aliphatic carbocycles. The minimum Gasteiger partial charge on any atom is -0.481 e. The Kier molecular flexibility index (Phi) is 1.60. The maximum Gasteiger partial charge on any atom is 0.308 e. The number of aliphatic carboxylic acids is 1. The topological polar surface area (TPSA) is 63.3 Å². The summed E-state index contributed by atoms with van der Waals surface area (Å²) in [6.07, 6.45) is 3.72. The van der Waals surface area contributed by atoms with Crippen LogP contribution in [0.1, 0.15) is 30.1 Å². The molecule has 0 saturated heterocycles. The van der Waals surface area contributed by atoms with E-state index in [1.54, 1.807) is 0 Å². The van der Waals surface area contributed by atoms with Crippen LogP contribution >= 0.6 is 0 Å². The van der Waals surface area contributed by atoms with E-state index in [9.17, 15) is 4.79 Å². The van der Waals surface area contributed by atoms with Crippen molar-refractivity contribution in [2.45, 2.75) is 25.2 Å². The summed E-state index contributed by atoms with van der Waals surface area (Å²) in [5, 5.41) is 12.1. The Morgan fingerprint density at radius 3 is 3.08 bits per heavy atom. The first-order valence-electron chi connectivity index (χ1n) is 3.92. The summed E-state index contributed by atoms with van der Waals surface area (Å²) < 4.78 is 4.98. The quantitative estimate of drug-likeness (QED) is 0.734. The summed E-state index contributed by atoms with van der Waals surface area (Å²) in [5.74, 6) is 0.374. The molecule has 1 aromatic rings. The highest BCUT2D eigenvalue weighted by Crippen LogP contribution is 2.41. The molecule has 0 aliphatic heterocycles. The first-order chi connectivity index (χ1) is 5.77. The fraction of sp³-hybridized carbons (Fsp3) is 0.500. The summed E-state index contributed by atoms with van der Waals surface area (Å²) in [5.41, 5.74) is 0.727. The van der Waals surface area contributed by atoms with E-state index in [0.717, 1.165) is 24.2 Å². The molecule has 1 heterocycles. The Morgan fingerprint density at radius 1 is 1.75 bits per heavy atom. The zero-order valence-corrected chi connectivity index (χ0v) is 6.49. The third-order valence-electron chi connectivity index (χ3n) is 1.97. The molecule has 2 rings (SSSR count). The Morgan fingerprint density at radius 2 is 2.50 bits per heavy atom. The molecule has 4 nitrogen and oxygen atoms in total. The molecule has 1 fully saturated rings. The van der Waals surface area contributed by atoms with Crippen molar-refractivity contribution in [1.29, 1.82) is 0 Å². The second-order valence-corrected chi connectivity index (χ2v) is 3.06. The van der Waals surface area contributed by atoms with Crippen molar-refractivity contribution >= 4 is 5.97 Å². The summed E-state index contributed by atoms with van der Waals surface area (Å²) >= 11 is 0. The molecule has 12 heavy (non-hydrogen) atoms. The Labute approximate surface area is 69.2 Å². The maximum atomic E-state index is 10.4. The van der Waals surface area contributed by atoms with Crippen molar-refractivity contribution in [3.63, 3.8) is 0 Å². The Balaban J connectivity index is 2.18. The second-order valence-electron chi connectivity index (χ2n) is 3.06. The smallest absolute Gasteiger partial charge is 0.308 e. The Bertz CT molecular complexity index is 301.